The minimum atomic E-state index is -1.40. The molecule has 9 heteroatoms. The van der Waals surface area contributed by atoms with Crippen LogP contribution in [0.3, 0.4) is 0 Å². The average Bonchev–Trinajstić information content (AvgIpc) is 2.77. The van der Waals surface area contributed by atoms with Crippen molar-refractivity contribution in [2.75, 3.05) is 6.61 Å². The number of carbonyl (C=O) groups is 1. The standard InChI is InChI=1S/C14H20N2O7/c1-3-4-9(17)22-6-8-10(18)11(19)13(23-8)16-5-7(2)12(20)15-14(16)21/h5,8,10-11,13,18-19H,3-4,6H2,1-2H3,(H,15,20,21)/t8-,10-,11+,13+/m1/s1. The van der Waals surface area contributed by atoms with Crippen molar-refractivity contribution < 1.29 is 24.5 Å². The first-order valence-electron chi connectivity index (χ1n) is 7.34. The zero-order valence-electron chi connectivity index (χ0n) is 12.9. The number of H-pyrrole nitrogens is 1. The summed E-state index contributed by atoms with van der Waals surface area (Å²) in [7, 11) is 0. The van der Waals surface area contributed by atoms with E-state index in [9.17, 15) is 24.6 Å². The fourth-order valence-corrected chi connectivity index (χ4v) is 2.32. The molecule has 23 heavy (non-hydrogen) atoms. The van der Waals surface area contributed by atoms with Crippen molar-refractivity contribution in [2.24, 2.45) is 0 Å². The molecule has 0 saturated carbocycles. The van der Waals surface area contributed by atoms with Crippen molar-refractivity contribution in [1.29, 1.82) is 0 Å². The Bertz CT molecular complexity index is 680. The van der Waals surface area contributed by atoms with E-state index in [0.717, 1.165) is 4.57 Å². The van der Waals surface area contributed by atoms with Gasteiger partial charge in [-0.3, -0.25) is 19.1 Å². The molecule has 1 aromatic heterocycles. The molecular formula is C14H20N2O7. The van der Waals surface area contributed by atoms with Crippen LogP contribution in [0.4, 0.5) is 0 Å². The SMILES string of the molecule is CCCC(=O)OC[C@H]1O[C@H](n2cc(C)c(=O)[nH]c2=O)[C@@H](O)[C@@H]1O. The van der Waals surface area contributed by atoms with E-state index in [1.807, 2.05) is 6.92 Å². The van der Waals surface area contributed by atoms with Gasteiger partial charge in [-0.15, -0.1) is 0 Å². The first-order valence-corrected chi connectivity index (χ1v) is 7.34. The Hall–Kier alpha value is -1.97. The first-order chi connectivity index (χ1) is 10.8. The molecule has 1 aromatic rings. The molecule has 0 aromatic carbocycles. The summed E-state index contributed by atoms with van der Waals surface area (Å²) in [6, 6.07) is 0. The second-order valence-electron chi connectivity index (χ2n) is 5.46. The number of nitrogens with zero attached hydrogens (tertiary/aromatic N) is 1. The summed E-state index contributed by atoms with van der Waals surface area (Å²) in [5, 5.41) is 20.1. The molecule has 1 fully saturated rings. The zero-order chi connectivity index (χ0) is 17.1. The molecule has 9 nitrogen and oxygen atoms in total. The number of aryl methyl sites for hydroxylation is 1. The maximum Gasteiger partial charge on any atom is 0.330 e. The van der Waals surface area contributed by atoms with Gasteiger partial charge in [-0.1, -0.05) is 6.92 Å². The fourth-order valence-electron chi connectivity index (χ4n) is 2.32. The summed E-state index contributed by atoms with van der Waals surface area (Å²) in [5.41, 5.74) is -1.04. The van der Waals surface area contributed by atoms with Crippen LogP contribution in [0.1, 0.15) is 31.6 Å². The summed E-state index contributed by atoms with van der Waals surface area (Å²) in [4.78, 5) is 36.7. The molecule has 1 aliphatic rings. The Morgan fingerprint density at radius 2 is 2.09 bits per heavy atom. The summed E-state index contributed by atoms with van der Waals surface area (Å²) in [5.74, 6) is -0.432. The van der Waals surface area contributed by atoms with E-state index < -0.39 is 41.8 Å². The molecule has 0 radical (unpaired) electrons. The first kappa shape index (κ1) is 17.4. The molecule has 4 atom stereocenters. The molecule has 0 bridgehead atoms. The van der Waals surface area contributed by atoms with Crippen LogP contribution < -0.4 is 11.2 Å². The maximum atomic E-state index is 11.8. The van der Waals surface area contributed by atoms with Crippen LogP contribution in [0.25, 0.3) is 0 Å². The molecule has 0 aliphatic carbocycles. The Kier molecular flexibility index (Phi) is 5.34. The van der Waals surface area contributed by atoms with E-state index >= 15 is 0 Å². The highest BCUT2D eigenvalue weighted by Gasteiger charge is 2.44. The lowest BCUT2D eigenvalue weighted by Gasteiger charge is -2.17. The van der Waals surface area contributed by atoms with Crippen LogP contribution >= 0.6 is 0 Å². The van der Waals surface area contributed by atoms with Crippen LogP contribution in [-0.4, -0.2) is 50.7 Å². The molecule has 2 rings (SSSR count). The van der Waals surface area contributed by atoms with Crippen LogP contribution in [0, 0.1) is 6.92 Å². The lowest BCUT2D eigenvalue weighted by atomic mass is 10.1. The van der Waals surface area contributed by atoms with Gasteiger partial charge < -0.3 is 19.7 Å². The van der Waals surface area contributed by atoms with E-state index in [-0.39, 0.29) is 18.6 Å². The Morgan fingerprint density at radius 3 is 2.74 bits per heavy atom. The molecular weight excluding hydrogens is 308 g/mol. The number of aromatic nitrogens is 2. The third-order valence-corrected chi connectivity index (χ3v) is 3.62. The normalized spacial score (nSPS) is 27.1. The highest BCUT2D eigenvalue weighted by atomic mass is 16.6. The molecule has 128 valence electrons. The van der Waals surface area contributed by atoms with Gasteiger partial charge >= 0.3 is 11.7 Å². The minimum Gasteiger partial charge on any atom is -0.463 e. The number of ether oxygens (including phenoxy) is 2. The van der Waals surface area contributed by atoms with Crippen LogP contribution in [0.5, 0.6) is 0 Å². The summed E-state index contributed by atoms with van der Waals surface area (Å²) in [6.07, 6.45) is -2.75. The monoisotopic (exact) mass is 328 g/mol. The van der Waals surface area contributed by atoms with Crippen molar-refractivity contribution in [1.82, 2.24) is 9.55 Å². The summed E-state index contributed by atoms with van der Waals surface area (Å²) in [6.45, 7) is 3.09. The predicted molar refractivity (Wildman–Crippen MR) is 77.9 cm³/mol. The van der Waals surface area contributed by atoms with Gasteiger partial charge in [-0.05, 0) is 13.3 Å². The van der Waals surface area contributed by atoms with Gasteiger partial charge in [0.25, 0.3) is 5.56 Å². The maximum absolute atomic E-state index is 11.8. The van der Waals surface area contributed by atoms with Crippen LogP contribution in [-0.2, 0) is 14.3 Å². The van der Waals surface area contributed by atoms with Gasteiger partial charge in [0.05, 0.1) is 0 Å². The van der Waals surface area contributed by atoms with Crippen molar-refractivity contribution in [3.05, 3.63) is 32.6 Å². The van der Waals surface area contributed by atoms with E-state index in [2.05, 4.69) is 4.98 Å². The second-order valence-corrected chi connectivity index (χ2v) is 5.46. The fraction of sp³-hybridized carbons (Fsp3) is 0.643. The van der Waals surface area contributed by atoms with E-state index in [4.69, 9.17) is 9.47 Å². The number of hydrogen-bond acceptors (Lipinski definition) is 7. The summed E-state index contributed by atoms with van der Waals surface area (Å²) < 4.78 is 11.4. The molecule has 0 spiro atoms. The second kappa shape index (κ2) is 7.07. The summed E-state index contributed by atoms with van der Waals surface area (Å²) >= 11 is 0. The van der Waals surface area contributed by atoms with Gasteiger partial charge in [-0.25, -0.2) is 4.79 Å². The topological polar surface area (TPSA) is 131 Å². The number of rotatable bonds is 5. The Morgan fingerprint density at radius 1 is 1.39 bits per heavy atom. The molecule has 2 heterocycles. The van der Waals surface area contributed by atoms with Crippen LogP contribution in [0.15, 0.2) is 15.8 Å². The van der Waals surface area contributed by atoms with Crippen molar-refractivity contribution in [2.45, 2.75) is 51.2 Å². The molecule has 0 amide bonds. The average molecular weight is 328 g/mol. The highest BCUT2D eigenvalue weighted by molar-refractivity contribution is 5.69. The van der Waals surface area contributed by atoms with Crippen molar-refractivity contribution in [3.8, 4) is 0 Å². The Labute approximate surface area is 131 Å². The lowest BCUT2D eigenvalue weighted by molar-refractivity contribution is -0.150. The van der Waals surface area contributed by atoms with E-state index in [1.54, 1.807) is 0 Å². The van der Waals surface area contributed by atoms with Gasteiger partial charge in [0.1, 0.15) is 24.9 Å². The number of carbonyl (C=O) groups excluding carboxylic acids is 1. The van der Waals surface area contributed by atoms with Gasteiger partial charge in [0.15, 0.2) is 6.23 Å². The number of aliphatic hydroxyl groups excluding tert-OH is 2. The lowest BCUT2D eigenvalue weighted by Crippen LogP contribution is -2.38. The number of nitrogens with one attached hydrogen (secondary N) is 1. The van der Waals surface area contributed by atoms with E-state index in [1.165, 1.54) is 13.1 Å². The number of aromatic amines is 1. The van der Waals surface area contributed by atoms with Crippen molar-refractivity contribution in [3.63, 3.8) is 0 Å². The number of esters is 1. The van der Waals surface area contributed by atoms with Gasteiger partial charge in [0, 0.05) is 18.2 Å². The highest BCUT2D eigenvalue weighted by Crippen LogP contribution is 2.28. The number of aliphatic hydroxyl groups is 2. The van der Waals surface area contributed by atoms with Gasteiger partial charge in [-0.2, -0.15) is 0 Å². The largest absolute Gasteiger partial charge is 0.463 e. The van der Waals surface area contributed by atoms with Crippen LogP contribution in [0.2, 0.25) is 0 Å². The zero-order valence-corrected chi connectivity index (χ0v) is 12.9. The number of hydrogen-bond donors (Lipinski definition) is 3. The Balaban J connectivity index is 2.14. The van der Waals surface area contributed by atoms with Crippen molar-refractivity contribution >= 4 is 5.97 Å². The minimum absolute atomic E-state index is 0.232. The molecule has 3 N–H and O–H groups in total. The molecule has 1 saturated heterocycles. The predicted octanol–water partition coefficient (Wildman–Crippen LogP) is -1.19. The molecule has 1 aliphatic heterocycles. The smallest absolute Gasteiger partial charge is 0.330 e. The molecule has 0 unspecified atom stereocenters. The third-order valence-electron chi connectivity index (χ3n) is 3.62. The quantitative estimate of drug-likeness (QED) is 0.579. The van der Waals surface area contributed by atoms with E-state index in [0.29, 0.717) is 6.42 Å². The van der Waals surface area contributed by atoms with Gasteiger partial charge in [0.2, 0.25) is 0 Å². The third kappa shape index (κ3) is 3.69.